The Bertz CT molecular complexity index is 126. The zero-order valence-corrected chi connectivity index (χ0v) is 7.14. The second-order valence-corrected chi connectivity index (χ2v) is 1.91. The smallest absolute Gasteiger partial charge is 0.0915 e. The minimum Gasteiger partial charge on any atom is -0.382 e. The number of hydrogen-bond acceptors (Lipinski definition) is 3. The van der Waals surface area contributed by atoms with E-state index in [2.05, 4.69) is 17.3 Å². The summed E-state index contributed by atoms with van der Waals surface area (Å²) in [6.07, 6.45) is 0.823. The number of ether oxygens (including phenoxy) is 1. The fourth-order valence-electron chi connectivity index (χ4n) is 0.508. The maximum Gasteiger partial charge on any atom is 0.0915 e. The SMILES string of the molecule is CC#CCCNOCCOC. The lowest BCUT2D eigenvalue weighted by Gasteiger charge is -2.01. The predicted molar refractivity (Wildman–Crippen MR) is 43.9 cm³/mol. The minimum absolute atomic E-state index is 0.579. The highest BCUT2D eigenvalue weighted by Crippen LogP contribution is 1.73. The molecule has 0 aliphatic rings. The van der Waals surface area contributed by atoms with Crippen molar-refractivity contribution in [1.82, 2.24) is 5.48 Å². The fraction of sp³-hybridized carbons (Fsp3) is 0.750. The standard InChI is InChI=1S/C8H15NO2/c1-3-4-5-6-9-11-8-7-10-2/h9H,5-8H2,1-2H3. The van der Waals surface area contributed by atoms with Crippen LogP contribution in [0.2, 0.25) is 0 Å². The predicted octanol–water partition coefficient (Wildman–Crippen LogP) is 0.567. The summed E-state index contributed by atoms with van der Waals surface area (Å²) in [4.78, 5) is 4.98. The number of methoxy groups -OCH3 is 1. The quantitative estimate of drug-likeness (QED) is 0.347. The summed E-state index contributed by atoms with van der Waals surface area (Å²) in [6, 6.07) is 0. The van der Waals surface area contributed by atoms with Gasteiger partial charge in [-0.25, -0.2) is 5.48 Å². The molecule has 0 aliphatic carbocycles. The van der Waals surface area contributed by atoms with Crippen molar-refractivity contribution < 1.29 is 9.57 Å². The first-order valence-corrected chi connectivity index (χ1v) is 3.65. The average molecular weight is 157 g/mol. The third kappa shape index (κ3) is 9.44. The first-order valence-electron chi connectivity index (χ1n) is 3.65. The number of hydrogen-bond donors (Lipinski definition) is 1. The molecule has 0 aromatic rings. The van der Waals surface area contributed by atoms with Crippen molar-refractivity contribution in [2.45, 2.75) is 13.3 Å². The van der Waals surface area contributed by atoms with Crippen LogP contribution in [-0.4, -0.2) is 26.9 Å². The molecule has 0 saturated heterocycles. The van der Waals surface area contributed by atoms with Crippen molar-refractivity contribution in [1.29, 1.82) is 0 Å². The number of nitrogens with one attached hydrogen (secondary N) is 1. The molecule has 1 N–H and O–H groups in total. The number of hydroxylamine groups is 1. The van der Waals surface area contributed by atoms with Crippen LogP contribution >= 0.6 is 0 Å². The molecule has 64 valence electrons. The molecular formula is C8H15NO2. The fourth-order valence-corrected chi connectivity index (χ4v) is 0.508. The van der Waals surface area contributed by atoms with Gasteiger partial charge in [0.2, 0.25) is 0 Å². The largest absolute Gasteiger partial charge is 0.382 e. The van der Waals surface area contributed by atoms with Gasteiger partial charge < -0.3 is 4.74 Å². The first-order chi connectivity index (χ1) is 5.41. The van der Waals surface area contributed by atoms with Crippen molar-refractivity contribution in [2.75, 3.05) is 26.9 Å². The number of rotatable bonds is 6. The van der Waals surface area contributed by atoms with Crippen LogP contribution in [0.4, 0.5) is 0 Å². The van der Waals surface area contributed by atoms with Gasteiger partial charge in [-0.2, -0.15) is 0 Å². The van der Waals surface area contributed by atoms with Crippen LogP contribution < -0.4 is 5.48 Å². The summed E-state index contributed by atoms with van der Waals surface area (Å²) in [7, 11) is 1.64. The molecule has 0 fully saturated rings. The monoisotopic (exact) mass is 157 g/mol. The van der Waals surface area contributed by atoms with Gasteiger partial charge >= 0.3 is 0 Å². The van der Waals surface area contributed by atoms with Gasteiger partial charge in [0.05, 0.1) is 13.2 Å². The van der Waals surface area contributed by atoms with Gasteiger partial charge in [-0.1, -0.05) is 0 Å². The Kier molecular flexibility index (Phi) is 8.96. The lowest BCUT2D eigenvalue weighted by molar-refractivity contribution is 0.00807. The Hall–Kier alpha value is -0.560. The van der Waals surface area contributed by atoms with Crippen molar-refractivity contribution in [3.63, 3.8) is 0 Å². The molecule has 0 atom stereocenters. The van der Waals surface area contributed by atoms with Crippen molar-refractivity contribution >= 4 is 0 Å². The molecule has 0 aromatic carbocycles. The Morgan fingerprint density at radius 3 is 2.82 bits per heavy atom. The van der Waals surface area contributed by atoms with Crippen LogP contribution in [0.25, 0.3) is 0 Å². The molecule has 0 saturated carbocycles. The molecular weight excluding hydrogens is 142 g/mol. The maximum atomic E-state index is 4.98. The molecule has 3 heteroatoms. The molecule has 0 heterocycles. The molecule has 0 unspecified atom stereocenters. The highest BCUT2D eigenvalue weighted by atomic mass is 16.7. The highest BCUT2D eigenvalue weighted by Gasteiger charge is 1.84. The minimum atomic E-state index is 0.579. The zero-order valence-electron chi connectivity index (χ0n) is 7.14. The van der Waals surface area contributed by atoms with E-state index in [-0.39, 0.29) is 0 Å². The van der Waals surface area contributed by atoms with E-state index in [4.69, 9.17) is 9.57 Å². The molecule has 0 rings (SSSR count). The summed E-state index contributed by atoms with van der Waals surface area (Å²) in [6.45, 7) is 3.79. The Labute approximate surface area is 68.0 Å². The summed E-state index contributed by atoms with van der Waals surface area (Å²) in [5.41, 5.74) is 2.77. The third-order valence-electron chi connectivity index (χ3n) is 1.02. The normalized spacial score (nSPS) is 8.91. The lowest BCUT2D eigenvalue weighted by atomic mass is 10.4. The van der Waals surface area contributed by atoms with Gasteiger partial charge in [0, 0.05) is 20.1 Å². The van der Waals surface area contributed by atoms with Crippen LogP contribution in [0.1, 0.15) is 13.3 Å². The van der Waals surface area contributed by atoms with Gasteiger partial charge in [0.1, 0.15) is 0 Å². The van der Waals surface area contributed by atoms with E-state index >= 15 is 0 Å². The molecule has 0 amide bonds. The van der Waals surface area contributed by atoms with Crippen LogP contribution in [0.15, 0.2) is 0 Å². The van der Waals surface area contributed by atoms with Gasteiger partial charge in [-0.15, -0.1) is 11.8 Å². The zero-order chi connectivity index (χ0) is 8.36. The Morgan fingerprint density at radius 2 is 2.18 bits per heavy atom. The van der Waals surface area contributed by atoms with E-state index in [0.29, 0.717) is 13.2 Å². The molecule has 0 bridgehead atoms. The molecule has 0 aliphatic heterocycles. The summed E-state index contributed by atoms with van der Waals surface area (Å²) < 4.78 is 4.78. The average Bonchev–Trinajstić information content (AvgIpc) is 2.03. The van der Waals surface area contributed by atoms with E-state index in [0.717, 1.165) is 13.0 Å². The van der Waals surface area contributed by atoms with Crippen LogP contribution in [0.3, 0.4) is 0 Å². The van der Waals surface area contributed by atoms with E-state index in [1.54, 1.807) is 7.11 Å². The molecule has 0 aromatic heterocycles. The summed E-state index contributed by atoms with van der Waals surface area (Å²) in [5.74, 6) is 5.71. The van der Waals surface area contributed by atoms with E-state index in [1.807, 2.05) is 6.92 Å². The molecule has 11 heavy (non-hydrogen) atoms. The Balaban J connectivity index is 2.83. The summed E-state index contributed by atoms with van der Waals surface area (Å²) in [5, 5.41) is 0. The van der Waals surface area contributed by atoms with Crippen LogP contribution in [-0.2, 0) is 9.57 Å². The highest BCUT2D eigenvalue weighted by molar-refractivity contribution is 4.94. The van der Waals surface area contributed by atoms with Crippen molar-refractivity contribution in [3.05, 3.63) is 0 Å². The Morgan fingerprint density at radius 1 is 1.36 bits per heavy atom. The molecule has 3 nitrogen and oxygen atoms in total. The van der Waals surface area contributed by atoms with E-state index in [9.17, 15) is 0 Å². The second-order valence-electron chi connectivity index (χ2n) is 1.91. The van der Waals surface area contributed by atoms with Crippen molar-refractivity contribution in [2.24, 2.45) is 0 Å². The van der Waals surface area contributed by atoms with E-state index in [1.165, 1.54) is 0 Å². The maximum absolute atomic E-state index is 4.98. The van der Waals surface area contributed by atoms with Crippen LogP contribution in [0.5, 0.6) is 0 Å². The van der Waals surface area contributed by atoms with Gasteiger partial charge in [-0.05, 0) is 6.92 Å². The van der Waals surface area contributed by atoms with E-state index < -0.39 is 0 Å². The summed E-state index contributed by atoms with van der Waals surface area (Å²) >= 11 is 0. The van der Waals surface area contributed by atoms with Crippen LogP contribution in [0, 0.1) is 11.8 Å². The van der Waals surface area contributed by atoms with Gasteiger partial charge in [-0.3, -0.25) is 4.84 Å². The lowest BCUT2D eigenvalue weighted by Crippen LogP contribution is -2.18. The molecule has 0 radical (unpaired) electrons. The van der Waals surface area contributed by atoms with Gasteiger partial charge in [0.25, 0.3) is 0 Å². The van der Waals surface area contributed by atoms with Crippen molar-refractivity contribution in [3.8, 4) is 11.8 Å². The first kappa shape index (κ1) is 10.4. The second kappa shape index (κ2) is 9.44. The topological polar surface area (TPSA) is 30.5 Å². The molecule has 0 spiro atoms. The third-order valence-corrected chi connectivity index (χ3v) is 1.02. The van der Waals surface area contributed by atoms with Gasteiger partial charge in [0.15, 0.2) is 0 Å².